The lowest BCUT2D eigenvalue weighted by atomic mass is 10.0. The van der Waals surface area contributed by atoms with Crippen molar-refractivity contribution in [3.63, 3.8) is 0 Å². The predicted molar refractivity (Wildman–Crippen MR) is 142 cm³/mol. The Morgan fingerprint density at radius 1 is 0.829 bits per heavy atom. The first-order valence-electron chi connectivity index (χ1n) is 12.2. The normalized spacial score (nSPS) is 14.3. The number of benzene rings is 3. The second-order valence-electron chi connectivity index (χ2n) is 9.37. The van der Waals surface area contributed by atoms with E-state index in [1.165, 1.54) is 5.56 Å². The highest BCUT2D eigenvalue weighted by Crippen LogP contribution is 2.28. The monoisotopic (exact) mass is 465 g/mol. The number of hydrogen-bond donors (Lipinski definition) is 1. The van der Waals surface area contributed by atoms with E-state index in [1.54, 1.807) is 0 Å². The van der Waals surface area contributed by atoms with E-state index in [0.29, 0.717) is 6.54 Å². The molecule has 0 spiro atoms. The van der Waals surface area contributed by atoms with Crippen molar-refractivity contribution in [3.05, 3.63) is 95.2 Å². The molecule has 1 aliphatic heterocycles. The van der Waals surface area contributed by atoms with Crippen LogP contribution in [-0.4, -0.2) is 53.7 Å². The minimum absolute atomic E-state index is 0.0268. The number of amides is 1. The highest BCUT2D eigenvalue weighted by molar-refractivity contribution is 5.94. The minimum Gasteiger partial charge on any atom is -0.352 e. The van der Waals surface area contributed by atoms with Gasteiger partial charge in [0, 0.05) is 49.1 Å². The summed E-state index contributed by atoms with van der Waals surface area (Å²) in [5.74, 6) is 0.954. The number of carbonyl (C=O) groups is 1. The van der Waals surface area contributed by atoms with Gasteiger partial charge in [-0.25, -0.2) is 0 Å². The minimum atomic E-state index is 0.0268. The molecular weight excluding hydrogens is 434 g/mol. The van der Waals surface area contributed by atoms with Crippen LogP contribution in [0.2, 0.25) is 0 Å². The first-order valence-corrected chi connectivity index (χ1v) is 12.2. The third kappa shape index (κ3) is 5.49. The molecule has 6 heteroatoms. The van der Waals surface area contributed by atoms with E-state index in [9.17, 15) is 4.79 Å². The van der Waals surface area contributed by atoms with E-state index in [-0.39, 0.29) is 5.91 Å². The van der Waals surface area contributed by atoms with Gasteiger partial charge in [0.25, 0.3) is 0 Å². The molecule has 0 aliphatic carbocycles. The van der Waals surface area contributed by atoms with Crippen molar-refractivity contribution in [1.29, 1.82) is 0 Å². The third-order valence-electron chi connectivity index (χ3n) is 6.50. The fourth-order valence-electron chi connectivity index (χ4n) is 4.87. The smallest absolute Gasteiger partial charge is 0.238 e. The SMILES string of the molecule is Cc1cc(C)cc(NC(=O)CN2CCN(c3nnc(Cc4ccccc4)c4ccccc34)CC2)c1. The molecule has 0 bridgehead atoms. The Labute approximate surface area is 206 Å². The van der Waals surface area contributed by atoms with E-state index < -0.39 is 0 Å². The van der Waals surface area contributed by atoms with Crippen LogP contribution in [0.1, 0.15) is 22.4 Å². The average Bonchev–Trinajstić information content (AvgIpc) is 2.85. The molecule has 0 radical (unpaired) electrons. The maximum absolute atomic E-state index is 12.6. The number of hydrogen-bond acceptors (Lipinski definition) is 5. The van der Waals surface area contributed by atoms with Crippen molar-refractivity contribution in [3.8, 4) is 0 Å². The molecule has 1 N–H and O–H groups in total. The van der Waals surface area contributed by atoms with Gasteiger partial charge in [-0.2, -0.15) is 5.10 Å². The van der Waals surface area contributed by atoms with Crippen molar-refractivity contribution in [2.45, 2.75) is 20.3 Å². The number of carbonyl (C=O) groups excluding carboxylic acids is 1. The molecule has 1 aliphatic rings. The molecular formula is C29H31N5O. The van der Waals surface area contributed by atoms with E-state index in [1.807, 2.05) is 32.0 Å². The van der Waals surface area contributed by atoms with Crippen LogP contribution >= 0.6 is 0 Å². The summed E-state index contributed by atoms with van der Waals surface area (Å²) in [6, 6.07) is 24.9. The number of aromatic nitrogens is 2. The van der Waals surface area contributed by atoms with Gasteiger partial charge in [0.05, 0.1) is 12.2 Å². The number of aryl methyl sites for hydroxylation is 2. The van der Waals surface area contributed by atoms with Gasteiger partial charge in [-0.3, -0.25) is 9.69 Å². The first kappa shape index (κ1) is 23.0. The van der Waals surface area contributed by atoms with Crippen LogP contribution in [0, 0.1) is 13.8 Å². The molecule has 6 nitrogen and oxygen atoms in total. The molecule has 35 heavy (non-hydrogen) atoms. The van der Waals surface area contributed by atoms with Crippen LogP contribution in [-0.2, 0) is 11.2 Å². The van der Waals surface area contributed by atoms with Crippen molar-refractivity contribution in [1.82, 2.24) is 15.1 Å². The topological polar surface area (TPSA) is 61.4 Å². The van der Waals surface area contributed by atoms with Crippen LogP contribution in [0.25, 0.3) is 10.8 Å². The summed E-state index contributed by atoms with van der Waals surface area (Å²) in [7, 11) is 0. The van der Waals surface area contributed by atoms with E-state index in [0.717, 1.165) is 71.7 Å². The van der Waals surface area contributed by atoms with Crippen molar-refractivity contribution in [2.24, 2.45) is 0 Å². The number of nitrogens with one attached hydrogen (secondary N) is 1. The van der Waals surface area contributed by atoms with Gasteiger partial charge in [-0.05, 0) is 42.7 Å². The molecule has 2 heterocycles. The van der Waals surface area contributed by atoms with Crippen molar-refractivity contribution < 1.29 is 4.79 Å². The number of fused-ring (bicyclic) bond motifs is 1. The molecule has 1 aromatic heterocycles. The molecule has 1 amide bonds. The zero-order valence-corrected chi connectivity index (χ0v) is 20.4. The molecule has 178 valence electrons. The summed E-state index contributed by atoms with van der Waals surface area (Å²) in [5, 5.41) is 14.6. The van der Waals surface area contributed by atoms with E-state index >= 15 is 0 Å². The summed E-state index contributed by atoms with van der Waals surface area (Å²) in [4.78, 5) is 17.1. The lowest BCUT2D eigenvalue weighted by Crippen LogP contribution is -2.49. The molecule has 1 saturated heterocycles. The second kappa shape index (κ2) is 10.2. The highest BCUT2D eigenvalue weighted by Gasteiger charge is 2.22. The molecule has 4 aromatic rings. The average molecular weight is 466 g/mol. The van der Waals surface area contributed by atoms with Gasteiger partial charge in [-0.1, -0.05) is 60.7 Å². The fourth-order valence-corrected chi connectivity index (χ4v) is 4.87. The Morgan fingerprint density at radius 3 is 2.20 bits per heavy atom. The Morgan fingerprint density at radius 2 is 1.49 bits per heavy atom. The standard InChI is InChI=1S/C29H31N5O/c1-21-16-22(2)18-24(17-21)30-28(35)20-33-12-14-34(15-13-33)29-26-11-7-6-10-25(26)27(31-32-29)19-23-8-4-3-5-9-23/h3-11,16-18H,12-15,19-20H2,1-2H3,(H,30,35). The van der Waals surface area contributed by atoms with E-state index in [4.69, 9.17) is 0 Å². The zero-order chi connectivity index (χ0) is 24.2. The molecule has 1 fully saturated rings. The number of nitrogens with zero attached hydrogens (tertiary/aromatic N) is 4. The Kier molecular flexibility index (Phi) is 6.73. The highest BCUT2D eigenvalue weighted by atomic mass is 16.2. The van der Waals surface area contributed by atoms with Crippen LogP contribution in [0.5, 0.6) is 0 Å². The number of anilines is 2. The second-order valence-corrected chi connectivity index (χ2v) is 9.37. The van der Waals surface area contributed by atoms with Crippen molar-refractivity contribution >= 4 is 28.2 Å². The van der Waals surface area contributed by atoms with Crippen LogP contribution < -0.4 is 10.2 Å². The first-order chi connectivity index (χ1) is 17.0. The molecule has 0 saturated carbocycles. The predicted octanol–water partition coefficient (Wildman–Crippen LogP) is 4.60. The number of piperazine rings is 1. The van der Waals surface area contributed by atoms with E-state index in [2.05, 4.69) is 79.9 Å². The van der Waals surface area contributed by atoms with Crippen LogP contribution in [0.4, 0.5) is 11.5 Å². The summed E-state index contributed by atoms with van der Waals surface area (Å²) in [6.45, 7) is 7.72. The number of rotatable bonds is 6. The molecule has 3 aromatic carbocycles. The maximum Gasteiger partial charge on any atom is 0.238 e. The Balaban J connectivity index is 1.24. The van der Waals surface area contributed by atoms with Gasteiger partial charge < -0.3 is 10.2 Å². The Hall–Kier alpha value is -3.77. The lowest BCUT2D eigenvalue weighted by Gasteiger charge is -2.35. The largest absolute Gasteiger partial charge is 0.352 e. The summed E-state index contributed by atoms with van der Waals surface area (Å²) in [6.07, 6.45) is 0.762. The maximum atomic E-state index is 12.6. The molecule has 0 atom stereocenters. The Bertz CT molecular complexity index is 1310. The quantitative estimate of drug-likeness (QED) is 0.451. The van der Waals surface area contributed by atoms with Gasteiger partial charge in [-0.15, -0.1) is 5.10 Å². The summed E-state index contributed by atoms with van der Waals surface area (Å²) in [5.41, 5.74) is 5.39. The van der Waals surface area contributed by atoms with Crippen LogP contribution in [0.3, 0.4) is 0 Å². The molecule has 5 rings (SSSR count). The van der Waals surface area contributed by atoms with Crippen LogP contribution in [0.15, 0.2) is 72.8 Å². The zero-order valence-electron chi connectivity index (χ0n) is 20.4. The lowest BCUT2D eigenvalue weighted by molar-refractivity contribution is -0.117. The van der Waals surface area contributed by atoms with Gasteiger partial charge in [0.15, 0.2) is 5.82 Å². The van der Waals surface area contributed by atoms with Gasteiger partial charge >= 0.3 is 0 Å². The third-order valence-corrected chi connectivity index (χ3v) is 6.50. The summed E-state index contributed by atoms with van der Waals surface area (Å²) >= 11 is 0. The van der Waals surface area contributed by atoms with Gasteiger partial charge in [0.1, 0.15) is 0 Å². The molecule has 0 unspecified atom stereocenters. The fraction of sp³-hybridized carbons (Fsp3) is 0.276. The van der Waals surface area contributed by atoms with Crippen molar-refractivity contribution in [2.75, 3.05) is 42.9 Å². The summed E-state index contributed by atoms with van der Waals surface area (Å²) < 4.78 is 0. The van der Waals surface area contributed by atoms with Gasteiger partial charge in [0.2, 0.25) is 5.91 Å².